The van der Waals surface area contributed by atoms with Crippen molar-refractivity contribution in [2.75, 3.05) is 44.4 Å². The number of nitrogens with one attached hydrogen (secondary N) is 2. The van der Waals surface area contributed by atoms with Gasteiger partial charge in [-0.25, -0.2) is 0 Å². The van der Waals surface area contributed by atoms with E-state index in [0.717, 1.165) is 56.5 Å². The Balaban J connectivity index is 0.00000169. The van der Waals surface area contributed by atoms with Crippen molar-refractivity contribution in [2.24, 2.45) is 0 Å². The van der Waals surface area contributed by atoms with E-state index < -0.39 is 0 Å². The van der Waals surface area contributed by atoms with Gasteiger partial charge >= 0.3 is 0 Å². The Labute approximate surface area is 172 Å². The first-order chi connectivity index (χ1) is 11.8. The third-order valence-corrected chi connectivity index (χ3v) is 5.58. The van der Waals surface area contributed by atoms with E-state index in [1.807, 2.05) is 11.8 Å². The number of ether oxygens (including phenoxy) is 1. The number of morpholine rings is 1. The summed E-state index contributed by atoms with van der Waals surface area (Å²) in [6.07, 6.45) is 0.572. The second-order valence-electron chi connectivity index (χ2n) is 6.41. The van der Waals surface area contributed by atoms with Crippen LogP contribution in [-0.2, 0) is 22.6 Å². The number of benzene rings is 1. The molecule has 0 spiro atoms. The van der Waals surface area contributed by atoms with Crippen LogP contribution in [0.25, 0.3) is 0 Å². The summed E-state index contributed by atoms with van der Waals surface area (Å²) in [6, 6.07) is 8.88. The molecule has 0 bridgehead atoms. The molecule has 1 aromatic carbocycles. The summed E-state index contributed by atoms with van der Waals surface area (Å²) < 4.78 is 5.38. The van der Waals surface area contributed by atoms with Gasteiger partial charge in [0.1, 0.15) is 0 Å². The molecule has 2 aliphatic heterocycles. The summed E-state index contributed by atoms with van der Waals surface area (Å²) in [5.41, 5.74) is 2.47. The summed E-state index contributed by atoms with van der Waals surface area (Å²) in [7, 11) is 0. The van der Waals surface area contributed by atoms with Gasteiger partial charge in [-0.3, -0.25) is 9.69 Å². The number of amides is 1. The monoisotopic (exact) mass is 421 g/mol. The van der Waals surface area contributed by atoms with Gasteiger partial charge in [-0.15, -0.1) is 24.8 Å². The average Bonchev–Trinajstić information content (AvgIpc) is 2.63. The van der Waals surface area contributed by atoms with Gasteiger partial charge in [-0.1, -0.05) is 24.3 Å². The van der Waals surface area contributed by atoms with Crippen molar-refractivity contribution in [3.63, 3.8) is 0 Å². The molecule has 1 unspecified atom stereocenters. The van der Waals surface area contributed by atoms with Gasteiger partial charge < -0.3 is 15.4 Å². The van der Waals surface area contributed by atoms with E-state index >= 15 is 0 Å². The molecule has 0 aromatic heterocycles. The van der Waals surface area contributed by atoms with Crippen LogP contribution in [0.2, 0.25) is 0 Å². The molecule has 3 rings (SSSR count). The summed E-state index contributed by atoms with van der Waals surface area (Å²) in [4.78, 5) is 14.4. The number of hydrogen-bond acceptors (Lipinski definition) is 5. The van der Waals surface area contributed by atoms with Crippen LogP contribution < -0.4 is 10.6 Å². The minimum absolute atomic E-state index is 0. The molecule has 2 N–H and O–H groups in total. The van der Waals surface area contributed by atoms with Gasteiger partial charge in [0, 0.05) is 56.7 Å². The predicted octanol–water partition coefficient (Wildman–Crippen LogP) is 2.07. The molecule has 1 atom stereocenters. The number of thioether (sulfide) groups is 1. The zero-order valence-corrected chi connectivity index (χ0v) is 17.4. The van der Waals surface area contributed by atoms with Crippen LogP contribution in [0.4, 0.5) is 0 Å². The molecule has 2 aliphatic rings. The minimum atomic E-state index is 0. The minimum Gasteiger partial charge on any atom is -0.379 e. The molecular formula is C18H29Cl2N3O2S. The van der Waals surface area contributed by atoms with Crippen molar-refractivity contribution < 1.29 is 9.53 Å². The fourth-order valence-electron chi connectivity index (χ4n) is 3.03. The Bertz CT molecular complexity index is 522. The van der Waals surface area contributed by atoms with Crippen molar-refractivity contribution in [1.82, 2.24) is 15.5 Å². The molecule has 0 aliphatic carbocycles. The molecule has 148 valence electrons. The average molecular weight is 422 g/mol. The highest BCUT2D eigenvalue weighted by molar-refractivity contribution is 7.99. The van der Waals surface area contributed by atoms with E-state index in [-0.39, 0.29) is 30.7 Å². The molecule has 0 saturated carbocycles. The maximum atomic E-state index is 12.0. The Morgan fingerprint density at radius 1 is 1.19 bits per heavy atom. The number of hydrogen-bond donors (Lipinski definition) is 2. The SMILES string of the molecule is Cl.Cl.O=C(CC1CSCCN1)NCc1ccc(CN2CCOCC2)cc1. The largest absolute Gasteiger partial charge is 0.379 e. The first kappa shape index (κ1) is 23.5. The number of nitrogens with zero attached hydrogens (tertiary/aromatic N) is 1. The van der Waals surface area contributed by atoms with E-state index in [1.54, 1.807) is 0 Å². The second-order valence-corrected chi connectivity index (χ2v) is 7.56. The highest BCUT2D eigenvalue weighted by atomic mass is 35.5. The highest BCUT2D eigenvalue weighted by Gasteiger charge is 2.16. The topological polar surface area (TPSA) is 53.6 Å². The van der Waals surface area contributed by atoms with Gasteiger partial charge in [0.25, 0.3) is 0 Å². The van der Waals surface area contributed by atoms with Crippen molar-refractivity contribution in [3.05, 3.63) is 35.4 Å². The third kappa shape index (κ3) is 8.03. The molecule has 1 amide bonds. The molecule has 5 nitrogen and oxygen atoms in total. The fourth-order valence-corrected chi connectivity index (χ4v) is 3.98. The Hall–Kier alpha value is -0.500. The van der Waals surface area contributed by atoms with Crippen LogP contribution >= 0.6 is 36.6 Å². The maximum Gasteiger partial charge on any atom is 0.221 e. The first-order valence-corrected chi connectivity index (χ1v) is 9.91. The number of carbonyl (C=O) groups excluding carboxylic acids is 1. The van der Waals surface area contributed by atoms with Gasteiger partial charge in [0.15, 0.2) is 0 Å². The molecule has 0 radical (unpaired) electrons. The standard InChI is InChI=1S/C18H27N3O2S.2ClH/c22-18(11-17-14-24-10-5-19-17)20-12-15-1-3-16(4-2-15)13-21-6-8-23-9-7-21;;/h1-4,17,19H,5-14H2,(H,20,22);2*1H. The Morgan fingerprint density at radius 3 is 2.54 bits per heavy atom. The lowest BCUT2D eigenvalue weighted by molar-refractivity contribution is -0.121. The van der Waals surface area contributed by atoms with Crippen molar-refractivity contribution in [3.8, 4) is 0 Å². The van der Waals surface area contributed by atoms with Gasteiger partial charge in [-0.05, 0) is 11.1 Å². The van der Waals surface area contributed by atoms with Crippen LogP contribution in [0.15, 0.2) is 24.3 Å². The van der Waals surface area contributed by atoms with E-state index in [2.05, 4.69) is 39.8 Å². The quantitative estimate of drug-likeness (QED) is 0.735. The summed E-state index contributed by atoms with van der Waals surface area (Å²) in [6.45, 7) is 6.26. The normalized spacial score (nSPS) is 20.5. The fraction of sp³-hybridized carbons (Fsp3) is 0.611. The smallest absolute Gasteiger partial charge is 0.221 e. The number of rotatable bonds is 6. The van der Waals surface area contributed by atoms with E-state index in [1.165, 1.54) is 5.56 Å². The summed E-state index contributed by atoms with van der Waals surface area (Å²) in [5.74, 6) is 2.31. The highest BCUT2D eigenvalue weighted by Crippen LogP contribution is 2.11. The van der Waals surface area contributed by atoms with Crippen LogP contribution in [0, 0.1) is 0 Å². The summed E-state index contributed by atoms with van der Waals surface area (Å²) in [5, 5.41) is 6.43. The molecule has 8 heteroatoms. The second kappa shape index (κ2) is 12.8. The number of carbonyl (C=O) groups is 1. The van der Waals surface area contributed by atoms with Gasteiger partial charge in [0.2, 0.25) is 5.91 Å². The van der Waals surface area contributed by atoms with Crippen LogP contribution in [0.5, 0.6) is 0 Å². The molecule has 1 aromatic rings. The van der Waals surface area contributed by atoms with Crippen molar-refractivity contribution >= 4 is 42.5 Å². The van der Waals surface area contributed by atoms with E-state index in [4.69, 9.17) is 4.74 Å². The zero-order valence-electron chi connectivity index (χ0n) is 14.9. The van der Waals surface area contributed by atoms with E-state index in [0.29, 0.717) is 19.0 Å². The van der Waals surface area contributed by atoms with Crippen LogP contribution in [-0.4, -0.2) is 61.2 Å². The Kier molecular flexibility index (Phi) is 11.6. The molecular weight excluding hydrogens is 393 g/mol. The third-order valence-electron chi connectivity index (χ3n) is 4.45. The molecule has 2 heterocycles. The summed E-state index contributed by atoms with van der Waals surface area (Å²) >= 11 is 1.92. The lowest BCUT2D eigenvalue weighted by Crippen LogP contribution is -2.41. The zero-order chi connectivity index (χ0) is 16.6. The predicted molar refractivity (Wildman–Crippen MR) is 113 cm³/mol. The lowest BCUT2D eigenvalue weighted by atomic mass is 10.1. The van der Waals surface area contributed by atoms with Crippen LogP contribution in [0.3, 0.4) is 0 Å². The van der Waals surface area contributed by atoms with Crippen molar-refractivity contribution in [1.29, 1.82) is 0 Å². The Morgan fingerprint density at radius 2 is 1.88 bits per heavy atom. The first-order valence-electron chi connectivity index (χ1n) is 8.75. The lowest BCUT2D eigenvalue weighted by Gasteiger charge is -2.26. The van der Waals surface area contributed by atoms with E-state index in [9.17, 15) is 4.79 Å². The van der Waals surface area contributed by atoms with Crippen LogP contribution in [0.1, 0.15) is 17.5 Å². The maximum absolute atomic E-state index is 12.0. The molecule has 2 fully saturated rings. The number of halogens is 2. The molecule has 26 heavy (non-hydrogen) atoms. The van der Waals surface area contributed by atoms with Crippen molar-refractivity contribution in [2.45, 2.75) is 25.6 Å². The molecule has 2 saturated heterocycles. The van der Waals surface area contributed by atoms with Gasteiger partial charge in [-0.2, -0.15) is 11.8 Å². The van der Waals surface area contributed by atoms with Gasteiger partial charge in [0.05, 0.1) is 13.2 Å².